The summed E-state index contributed by atoms with van der Waals surface area (Å²) < 4.78 is 13.1. The Bertz CT molecular complexity index is 469. The number of likely N-dealkylation sites (tertiary alicyclic amines) is 1. The summed E-state index contributed by atoms with van der Waals surface area (Å²) in [7, 11) is 0. The van der Waals surface area contributed by atoms with Crippen molar-refractivity contribution in [2.24, 2.45) is 5.92 Å². The van der Waals surface area contributed by atoms with Gasteiger partial charge in [0.15, 0.2) is 0 Å². The number of amides is 2. The highest BCUT2D eigenvalue weighted by Gasteiger charge is 2.23. The van der Waals surface area contributed by atoms with Crippen molar-refractivity contribution >= 4 is 6.03 Å². The van der Waals surface area contributed by atoms with Crippen molar-refractivity contribution in [1.29, 1.82) is 0 Å². The van der Waals surface area contributed by atoms with Crippen molar-refractivity contribution in [1.82, 2.24) is 15.5 Å². The molecule has 0 aliphatic carbocycles. The van der Waals surface area contributed by atoms with E-state index < -0.39 is 0 Å². The first kappa shape index (κ1) is 16.7. The molecule has 1 heterocycles. The Morgan fingerprint density at radius 2 is 1.73 bits per heavy atom. The highest BCUT2D eigenvalue weighted by Crippen LogP contribution is 2.24. The second-order valence-electron chi connectivity index (χ2n) is 6.30. The summed E-state index contributed by atoms with van der Waals surface area (Å²) in [6.07, 6.45) is 2.36. The lowest BCUT2D eigenvalue weighted by molar-refractivity contribution is 0.220. The maximum absolute atomic E-state index is 13.1. The molecule has 5 heteroatoms. The number of urea groups is 1. The standard InChI is InChI=1S/C17H26FN3O/c1-13(2)11-19-17(22)20-12-16(21-9-3-4-10-21)14-5-7-15(18)8-6-14/h5-8,13,16H,3-4,9-12H2,1-2H3,(H2,19,20,22). The van der Waals surface area contributed by atoms with Crippen molar-refractivity contribution < 1.29 is 9.18 Å². The van der Waals surface area contributed by atoms with Crippen molar-refractivity contribution in [2.45, 2.75) is 32.7 Å². The molecule has 0 saturated carbocycles. The molecule has 1 aromatic rings. The minimum absolute atomic E-state index is 0.105. The predicted molar refractivity (Wildman–Crippen MR) is 86.2 cm³/mol. The van der Waals surface area contributed by atoms with E-state index in [1.54, 1.807) is 0 Å². The molecule has 4 nitrogen and oxygen atoms in total. The molecule has 2 rings (SSSR count). The van der Waals surface area contributed by atoms with E-state index in [4.69, 9.17) is 0 Å². The van der Waals surface area contributed by atoms with Gasteiger partial charge in [-0.05, 0) is 49.5 Å². The van der Waals surface area contributed by atoms with Gasteiger partial charge in [0.2, 0.25) is 0 Å². The van der Waals surface area contributed by atoms with Crippen LogP contribution in [0.5, 0.6) is 0 Å². The van der Waals surface area contributed by atoms with Gasteiger partial charge in [0.1, 0.15) is 5.82 Å². The Morgan fingerprint density at radius 3 is 2.32 bits per heavy atom. The average Bonchev–Trinajstić information content (AvgIpc) is 3.01. The number of nitrogens with one attached hydrogen (secondary N) is 2. The topological polar surface area (TPSA) is 44.4 Å². The van der Waals surface area contributed by atoms with Gasteiger partial charge >= 0.3 is 6.03 Å². The van der Waals surface area contributed by atoms with Crippen LogP contribution in [0.3, 0.4) is 0 Å². The quantitative estimate of drug-likeness (QED) is 0.849. The molecule has 1 unspecified atom stereocenters. The molecule has 2 N–H and O–H groups in total. The van der Waals surface area contributed by atoms with Gasteiger partial charge in [-0.3, -0.25) is 4.90 Å². The molecule has 0 spiro atoms. The molecule has 2 amide bonds. The molecule has 22 heavy (non-hydrogen) atoms. The number of rotatable bonds is 6. The van der Waals surface area contributed by atoms with Gasteiger partial charge < -0.3 is 10.6 Å². The largest absolute Gasteiger partial charge is 0.338 e. The predicted octanol–water partition coefficient (Wildman–Crippen LogP) is 2.92. The van der Waals surface area contributed by atoms with E-state index in [2.05, 4.69) is 29.4 Å². The fourth-order valence-corrected chi connectivity index (χ4v) is 2.74. The van der Waals surface area contributed by atoms with Crippen LogP contribution in [0, 0.1) is 11.7 Å². The van der Waals surface area contributed by atoms with Crippen LogP contribution < -0.4 is 10.6 Å². The van der Waals surface area contributed by atoms with Crippen LogP contribution in [-0.4, -0.2) is 37.1 Å². The molecule has 1 aliphatic rings. The minimum Gasteiger partial charge on any atom is -0.338 e. The summed E-state index contributed by atoms with van der Waals surface area (Å²) >= 11 is 0. The summed E-state index contributed by atoms with van der Waals surface area (Å²) in [5, 5.41) is 5.80. The lowest BCUT2D eigenvalue weighted by atomic mass is 10.1. The van der Waals surface area contributed by atoms with E-state index in [9.17, 15) is 9.18 Å². The number of halogens is 1. The summed E-state index contributed by atoms with van der Waals surface area (Å²) in [5.74, 6) is 0.198. The van der Waals surface area contributed by atoms with Gasteiger partial charge in [0.05, 0.1) is 6.04 Å². The Labute approximate surface area is 132 Å². The second kappa shape index (κ2) is 8.13. The van der Waals surface area contributed by atoms with Gasteiger partial charge in [0.25, 0.3) is 0 Å². The molecular weight excluding hydrogens is 281 g/mol. The van der Waals surface area contributed by atoms with E-state index in [-0.39, 0.29) is 17.9 Å². The highest BCUT2D eigenvalue weighted by atomic mass is 19.1. The van der Waals surface area contributed by atoms with Gasteiger partial charge in [-0.25, -0.2) is 9.18 Å². The summed E-state index contributed by atoms with van der Waals surface area (Å²) in [6, 6.07) is 6.56. The van der Waals surface area contributed by atoms with Crippen LogP contribution in [0.4, 0.5) is 9.18 Å². The van der Waals surface area contributed by atoms with Crippen LogP contribution in [0.15, 0.2) is 24.3 Å². The molecule has 1 atom stereocenters. The average molecular weight is 307 g/mol. The normalized spacial score (nSPS) is 16.7. The lowest BCUT2D eigenvalue weighted by Gasteiger charge is -2.28. The number of hydrogen-bond donors (Lipinski definition) is 2. The third-order valence-electron chi connectivity index (χ3n) is 3.96. The minimum atomic E-state index is -0.230. The lowest BCUT2D eigenvalue weighted by Crippen LogP contribution is -2.42. The first-order valence-corrected chi connectivity index (χ1v) is 8.07. The zero-order chi connectivity index (χ0) is 15.9. The molecule has 0 aromatic heterocycles. The third kappa shape index (κ3) is 4.98. The molecule has 0 radical (unpaired) electrons. The first-order valence-electron chi connectivity index (χ1n) is 8.07. The van der Waals surface area contributed by atoms with E-state index in [0.29, 0.717) is 19.0 Å². The zero-order valence-electron chi connectivity index (χ0n) is 13.4. The third-order valence-corrected chi connectivity index (χ3v) is 3.96. The highest BCUT2D eigenvalue weighted by molar-refractivity contribution is 5.73. The van der Waals surface area contributed by atoms with Crippen LogP contribution in [0.2, 0.25) is 0 Å². The Kier molecular flexibility index (Phi) is 6.19. The van der Waals surface area contributed by atoms with Crippen LogP contribution in [0.25, 0.3) is 0 Å². The number of benzene rings is 1. The van der Waals surface area contributed by atoms with Gasteiger partial charge in [-0.15, -0.1) is 0 Å². The fourth-order valence-electron chi connectivity index (χ4n) is 2.74. The Balaban J connectivity index is 1.96. The monoisotopic (exact) mass is 307 g/mol. The summed E-state index contributed by atoms with van der Waals surface area (Å²) in [4.78, 5) is 14.2. The Morgan fingerprint density at radius 1 is 1.14 bits per heavy atom. The SMILES string of the molecule is CC(C)CNC(=O)NCC(c1ccc(F)cc1)N1CCCC1. The van der Waals surface area contributed by atoms with Crippen molar-refractivity contribution in [2.75, 3.05) is 26.2 Å². The molecule has 1 fully saturated rings. The van der Waals surface area contributed by atoms with Crippen LogP contribution in [0.1, 0.15) is 38.3 Å². The van der Waals surface area contributed by atoms with E-state index in [1.807, 2.05) is 12.1 Å². The van der Waals surface area contributed by atoms with Crippen molar-refractivity contribution in [3.05, 3.63) is 35.6 Å². The second-order valence-corrected chi connectivity index (χ2v) is 6.30. The first-order chi connectivity index (χ1) is 10.6. The maximum atomic E-state index is 13.1. The number of nitrogens with zero attached hydrogens (tertiary/aromatic N) is 1. The summed E-state index contributed by atoms with van der Waals surface area (Å²) in [6.45, 7) is 7.37. The molecule has 1 aromatic carbocycles. The van der Waals surface area contributed by atoms with Crippen molar-refractivity contribution in [3.63, 3.8) is 0 Å². The smallest absolute Gasteiger partial charge is 0.314 e. The molecular formula is C17H26FN3O. The van der Waals surface area contributed by atoms with Gasteiger partial charge in [-0.1, -0.05) is 26.0 Å². The van der Waals surface area contributed by atoms with Crippen LogP contribution >= 0.6 is 0 Å². The number of hydrogen-bond acceptors (Lipinski definition) is 2. The van der Waals surface area contributed by atoms with E-state index in [1.165, 1.54) is 25.0 Å². The van der Waals surface area contributed by atoms with E-state index in [0.717, 1.165) is 18.7 Å². The number of carbonyl (C=O) groups is 1. The zero-order valence-corrected chi connectivity index (χ0v) is 13.4. The van der Waals surface area contributed by atoms with Gasteiger partial charge in [-0.2, -0.15) is 0 Å². The van der Waals surface area contributed by atoms with Crippen molar-refractivity contribution in [3.8, 4) is 0 Å². The molecule has 122 valence electrons. The van der Waals surface area contributed by atoms with E-state index >= 15 is 0 Å². The maximum Gasteiger partial charge on any atom is 0.314 e. The summed E-state index contributed by atoms with van der Waals surface area (Å²) in [5.41, 5.74) is 1.05. The molecule has 0 bridgehead atoms. The number of carbonyl (C=O) groups excluding carboxylic acids is 1. The molecule has 1 saturated heterocycles. The molecule has 1 aliphatic heterocycles. The van der Waals surface area contributed by atoms with Gasteiger partial charge in [0, 0.05) is 13.1 Å². The Hall–Kier alpha value is -1.62. The van der Waals surface area contributed by atoms with Crippen LogP contribution in [-0.2, 0) is 0 Å². The fraction of sp³-hybridized carbons (Fsp3) is 0.588.